The van der Waals surface area contributed by atoms with Crippen LogP contribution in [0.15, 0.2) is 4.99 Å². The minimum Gasteiger partial charge on any atom is -0.479 e. The maximum atomic E-state index is 12.5. The lowest BCUT2D eigenvalue weighted by Gasteiger charge is -2.19. The van der Waals surface area contributed by atoms with E-state index in [-0.39, 0.29) is 13.2 Å². The van der Waals surface area contributed by atoms with E-state index in [1.807, 2.05) is 0 Å². The van der Waals surface area contributed by atoms with Crippen LogP contribution in [0.3, 0.4) is 0 Å². The molecule has 9 heteroatoms. The van der Waals surface area contributed by atoms with E-state index in [1.165, 1.54) is 77.0 Å². The number of carbonyl (C=O) groups is 2. The fraction of sp³-hybridized carbons (Fsp3) is 0.903. The molecular formula is C31H59NO8. The Morgan fingerprint density at radius 3 is 1.35 bits per heavy atom. The van der Waals surface area contributed by atoms with Crippen molar-refractivity contribution in [3.63, 3.8) is 0 Å². The standard InChI is InChI=1S/C31H59NO8/c1-3-5-7-9-11-13-15-17-19-21-23-39-29(27(34)28(35)30(36)37)32-26(25-33)31(38)40-24-22-20-18-16-14-12-10-8-6-4-2/h26-28,33-35H,3-25H2,1-2H3,(H,36,37). The molecule has 0 bridgehead atoms. The number of carboxylic acids is 1. The molecule has 0 aromatic rings. The third-order valence-corrected chi connectivity index (χ3v) is 7.02. The zero-order valence-electron chi connectivity index (χ0n) is 25.4. The van der Waals surface area contributed by atoms with Crippen LogP contribution in [-0.4, -0.2) is 76.3 Å². The summed E-state index contributed by atoms with van der Waals surface area (Å²) < 4.78 is 10.7. The van der Waals surface area contributed by atoms with Crippen LogP contribution in [0.25, 0.3) is 0 Å². The number of aliphatic imine (C=N–C) groups is 1. The highest BCUT2D eigenvalue weighted by Gasteiger charge is 2.31. The molecule has 40 heavy (non-hydrogen) atoms. The lowest BCUT2D eigenvalue weighted by molar-refractivity contribution is -0.150. The summed E-state index contributed by atoms with van der Waals surface area (Å²) in [5.41, 5.74) is 0. The van der Waals surface area contributed by atoms with Gasteiger partial charge in [-0.05, 0) is 12.8 Å². The Bertz CT molecular complexity index is 643. The van der Waals surface area contributed by atoms with Crippen molar-refractivity contribution >= 4 is 17.8 Å². The number of unbranched alkanes of at least 4 members (excludes halogenated alkanes) is 18. The van der Waals surface area contributed by atoms with Crippen LogP contribution < -0.4 is 0 Å². The largest absolute Gasteiger partial charge is 0.479 e. The molecule has 0 saturated heterocycles. The number of hydrogen-bond acceptors (Lipinski definition) is 8. The zero-order chi connectivity index (χ0) is 29.8. The molecule has 9 nitrogen and oxygen atoms in total. The first-order valence-corrected chi connectivity index (χ1v) is 16.0. The van der Waals surface area contributed by atoms with Gasteiger partial charge in [0.15, 0.2) is 18.2 Å². The molecule has 0 amide bonds. The van der Waals surface area contributed by atoms with Crippen LogP contribution in [0.2, 0.25) is 0 Å². The van der Waals surface area contributed by atoms with Crippen molar-refractivity contribution in [1.82, 2.24) is 0 Å². The normalized spacial score (nSPS) is 14.1. The summed E-state index contributed by atoms with van der Waals surface area (Å²) in [5.74, 6) is -2.91. The molecule has 0 aliphatic rings. The molecule has 0 aliphatic carbocycles. The minimum absolute atomic E-state index is 0.143. The maximum absolute atomic E-state index is 12.5. The van der Waals surface area contributed by atoms with Crippen LogP contribution in [-0.2, 0) is 19.1 Å². The van der Waals surface area contributed by atoms with Gasteiger partial charge in [-0.2, -0.15) is 0 Å². The van der Waals surface area contributed by atoms with E-state index in [0.717, 1.165) is 38.5 Å². The van der Waals surface area contributed by atoms with Crippen molar-refractivity contribution in [2.45, 2.75) is 161 Å². The first kappa shape index (κ1) is 38.3. The van der Waals surface area contributed by atoms with E-state index in [1.54, 1.807) is 0 Å². The van der Waals surface area contributed by atoms with Crippen molar-refractivity contribution in [2.24, 2.45) is 4.99 Å². The molecule has 4 N–H and O–H groups in total. The highest BCUT2D eigenvalue weighted by Crippen LogP contribution is 2.13. The van der Waals surface area contributed by atoms with Gasteiger partial charge in [-0.1, -0.05) is 129 Å². The Hall–Kier alpha value is -1.71. The second-order valence-electron chi connectivity index (χ2n) is 10.8. The Balaban J connectivity index is 4.50. The van der Waals surface area contributed by atoms with Crippen molar-refractivity contribution in [3.05, 3.63) is 0 Å². The molecule has 0 fully saturated rings. The van der Waals surface area contributed by atoms with Crippen LogP contribution in [0.5, 0.6) is 0 Å². The molecule has 236 valence electrons. The van der Waals surface area contributed by atoms with Crippen molar-refractivity contribution < 1.29 is 39.5 Å². The Kier molecular flexibility index (Phi) is 26.3. The van der Waals surface area contributed by atoms with Crippen molar-refractivity contribution in [3.8, 4) is 0 Å². The molecule has 0 aromatic carbocycles. The van der Waals surface area contributed by atoms with Gasteiger partial charge in [0.1, 0.15) is 0 Å². The Labute approximate surface area is 242 Å². The van der Waals surface area contributed by atoms with Crippen molar-refractivity contribution in [2.75, 3.05) is 19.8 Å². The second kappa shape index (κ2) is 27.5. The number of ether oxygens (including phenoxy) is 2. The summed E-state index contributed by atoms with van der Waals surface area (Å²) in [4.78, 5) is 27.6. The molecule has 0 spiro atoms. The maximum Gasteiger partial charge on any atom is 0.335 e. The van der Waals surface area contributed by atoms with Gasteiger partial charge < -0.3 is 29.9 Å². The van der Waals surface area contributed by atoms with Gasteiger partial charge in [-0.15, -0.1) is 0 Å². The van der Waals surface area contributed by atoms with Gasteiger partial charge in [-0.3, -0.25) is 0 Å². The van der Waals surface area contributed by atoms with Gasteiger partial charge in [0.2, 0.25) is 5.90 Å². The van der Waals surface area contributed by atoms with E-state index >= 15 is 0 Å². The lowest BCUT2D eigenvalue weighted by atomic mass is 10.1. The van der Waals surface area contributed by atoms with Crippen LogP contribution in [0.4, 0.5) is 0 Å². The minimum atomic E-state index is -2.17. The highest BCUT2D eigenvalue weighted by atomic mass is 16.5. The van der Waals surface area contributed by atoms with Crippen molar-refractivity contribution in [1.29, 1.82) is 0 Å². The fourth-order valence-corrected chi connectivity index (χ4v) is 4.42. The molecule has 3 atom stereocenters. The second-order valence-corrected chi connectivity index (χ2v) is 10.8. The summed E-state index contributed by atoms with van der Waals surface area (Å²) in [6.07, 6.45) is 18.6. The fourth-order valence-electron chi connectivity index (χ4n) is 4.42. The first-order chi connectivity index (χ1) is 19.4. The average molecular weight is 574 g/mol. The molecule has 3 unspecified atom stereocenters. The highest BCUT2D eigenvalue weighted by molar-refractivity contribution is 5.89. The number of nitrogens with zero attached hydrogens (tertiary/aromatic N) is 1. The van der Waals surface area contributed by atoms with E-state index in [0.29, 0.717) is 12.8 Å². The summed E-state index contributed by atoms with van der Waals surface area (Å²) in [5, 5.41) is 38.8. The zero-order valence-corrected chi connectivity index (χ0v) is 25.4. The topological polar surface area (TPSA) is 146 Å². The van der Waals surface area contributed by atoms with Gasteiger partial charge >= 0.3 is 11.9 Å². The smallest absolute Gasteiger partial charge is 0.335 e. The summed E-state index contributed by atoms with van der Waals surface area (Å²) >= 11 is 0. The van der Waals surface area contributed by atoms with E-state index in [4.69, 9.17) is 14.6 Å². The molecule has 0 rings (SSSR count). The SMILES string of the molecule is CCCCCCCCCCCCOC(=O)C(CO)N=C(OCCCCCCCCCCCC)C(O)C(O)C(=O)O. The number of rotatable bonds is 28. The Morgan fingerprint density at radius 1 is 0.600 bits per heavy atom. The molecule has 0 heterocycles. The summed E-state index contributed by atoms with van der Waals surface area (Å²) in [6, 6.07) is -1.37. The van der Waals surface area contributed by atoms with E-state index < -0.39 is 42.7 Å². The van der Waals surface area contributed by atoms with Gasteiger partial charge in [0.25, 0.3) is 0 Å². The van der Waals surface area contributed by atoms with Gasteiger partial charge in [-0.25, -0.2) is 14.6 Å². The van der Waals surface area contributed by atoms with E-state index in [2.05, 4.69) is 18.8 Å². The number of esters is 1. The summed E-state index contributed by atoms with van der Waals surface area (Å²) in [7, 11) is 0. The number of hydrogen-bond donors (Lipinski definition) is 4. The quantitative estimate of drug-likeness (QED) is 0.0388. The predicted molar refractivity (Wildman–Crippen MR) is 159 cm³/mol. The van der Waals surface area contributed by atoms with Crippen LogP contribution in [0, 0.1) is 0 Å². The molecule has 0 radical (unpaired) electrons. The number of aliphatic hydroxyl groups is 3. The average Bonchev–Trinajstić information content (AvgIpc) is 2.95. The van der Waals surface area contributed by atoms with Gasteiger partial charge in [0, 0.05) is 0 Å². The third kappa shape index (κ3) is 21.1. The molecular weight excluding hydrogens is 514 g/mol. The van der Waals surface area contributed by atoms with Crippen LogP contribution >= 0.6 is 0 Å². The summed E-state index contributed by atoms with van der Waals surface area (Å²) in [6.45, 7) is 4.05. The first-order valence-electron chi connectivity index (χ1n) is 16.0. The number of carboxylic acid groups (broad SMARTS) is 1. The Morgan fingerprint density at radius 2 is 0.975 bits per heavy atom. The number of carbonyl (C=O) groups excluding carboxylic acids is 1. The van der Waals surface area contributed by atoms with Gasteiger partial charge in [0.05, 0.1) is 19.8 Å². The number of aliphatic hydroxyl groups excluding tert-OH is 3. The molecule has 0 aromatic heterocycles. The third-order valence-electron chi connectivity index (χ3n) is 7.02. The number of aliphatic carboxylic acids is 1. The van der Waals surface area contributed by atoms with Crippen LogP contribution in [0.1, 0.15) is 142 Å². The molecule has 0 saturated carbocycles. The monoisotopic (exact) mass is 573 g/mol. The lowest BCUT2D eigenvalue weighted by Crippen LogP contribution is -2.42. The molecule has 0 aliphatic heterocycles. The predicted octanol–water partition coefficient (Wildman–Crippen LogP) is 5.95. The van der Waals surface area contributed by atoms with E-state index in [9.17, 15) is 24.9 Å².